The van der Waals surface area contributed by atoms with Crippen LogP contribution in [0.15, 0.2) is 140 Å². The summed E-state index contributed by atoms with van der Waals surface area (Å²) in [7, 11) is 0. The second-order valence-corrected chi connectivity index (χ2v) is 12.5. The van der Waals surface area contributed by atoms with Crippen LogP contribution >= 0.6 is 0 Å². The van der Waals surface area contributed by atoms with E-state index in [1.807, 2.05) is 0 Å². The van der Waals surface area contributed by atoms with Crippen molar-refractivity contribution >= 4 is 27.3 Å². The molecule has 0 saturated carbocycles. The van der Waals surface area contributed by atoms with E-state index in [0.29, 0.717) is 0 Å². The van der Waals surface area contributed by atoms with Crippen LogP contribution in [-0.2, 0) is 11.1 Å². The molecule has 2 aliphatic heterocycles. The van der Waals surface area contributed by atoms with E-state index in [9.17, 15) is 0 Å². The average Bonchev–Trinajstić information content (AvgIpc) is 3.80. The predicted molar refractivity (Wildman–Crippen MR) is 167 cm³/mol. The van der Waals surface area contributed by atoms with Crippen LogP contribution in [0.2, 0.25) is 0 Å². The highest BCUT2D eigenvalue weighted by Crippen LogP contribution is 2.65. The Labute approximate surface area is 247 Å². The lowest BCUT2D eigenvalue weighted by molar-refractivity contribution is -0.950. The number of rotatable bonds is 0. The third kappa shape index (κ3) is 1.91. The lowest BCUT2D eigenvalue weighted by Gasteiger charge is -2.42. The minimum Gasteiger partial charge on any atom is -0.195 e. The molecule has 0 fully saturated rings. The summed E-state index contributed by atoms with van der Waals surface area (Å²) in [6.45, 7) is 0. The van der Waals surface area contributed by atoms with Gasteiger partial charge < -0.3 is 0 Å². The zero-order valence-electron chi connectivity index (χ0n) is 23.1. The van der Waals surface area contributed by atoms with Crippen LogP contribution in [0.3, 0.4) is 0 Å². The van der Waals surface area contributed by atoms with Crippen molar-refractivity contribution in [3.63, 3.8) is 0 Å². The van der Waals surface area contributed by atoms with Crippen LogP contribution in [0, 0.1) is 0 Å². The molecule has 1 atom stereocenters. The van der Waals surface area contributed by atoms with Crippen LogP contribution in [0.1, 0.15) is 33.4 Å². The van der Waals surface area contributed by atoms with Crippen molar-refractivity contribution in [1.29, 1.82) is 0 Å². The topological polar surface area (TPSA) is 12.2 Å². The second kappa shape index (κ2) is 6.58. The summed E-state index contributed by atoms with van der Waals surface area (Å²) in [4.78, 5) is 0. The van der Waals surface area contributed by atoms with E-state index in [-0.39, 0.29) is 0 Å². The van der Waals surface area contributed by atoms with E-state index in [1.54, 1.807) is 0 Å². The Morgan fingerprint density at radius 1 is 0.488 bits per heavy atom. The standard InChI is InChI=1S/C40H23N3/c1-4-14-29-24(10-1)25-11-2-5-15-30(25)39(29)31-16-9-13-28-34-18-7-8-21-42(34)40(36(28)31)37-32(39)20-19-27-26-12-3-6-17-33(26)41-22-23-43(40)38(41)35(27)37/h1-23H/q+2. The van der Waals surface area contributed by atoms with Crippen molar-refractivity contribution in [1.82, 2.24) is 4.40 Å². The van der Waals surface area contributed by atoms with Crippen LogP contribution in [0.5, 0.6) is 0 Å². The average molecular weight is 546 g/mol. The maximum absolute atomic E-state index is 2.58. The number of pyridine rings is 2. The third-order valence-corrected chi connectivity index (χ3v) is 11.1. The highest BCUT2D eigenvalue weighted by atomic mass is 15.3. The quantitative estimate of drug-likeness (QED) is 0.143. The first-order valence-electron chi connectivity index (χ1n) is 15.1. The molecule has 2 aliphatic carbocycles. The van der Waals surface area contributed by atoms with Gasteiger partial charge in [-0.25, -0.2) is 0 Å². The molecule has 0 amide bonds. The zero-order valence-corrected chi connectivity index (χ0v) is 23.1. The van der Waals surface area contributed by atoms with Gasteiger partial charge in [0.1, 0.15) is 17.9 Å². The van der Waals surface area contributed by atoms with Crippen molar-refractivity contribution < 1.29 is 9.13 Å². The molecule has 43 heavy (non-hydrogen) atoms. The summed E-state index contributed by atoms with van der Waals surface area (Å²) < 4.78 is 7.57. The largest absolute Gasteiger partial charge is 0.364 e. The lowest BCUT2D eigenvalue weighted by atomic mass is 9.58. The van der Waals surface area contributed by atoms with Gasteiger partial charge in [0.25, 0.3) is 0 Å². The molecule has 4 aliphatic rings. The van der Waals surface area contributed by atoms with Gasteiger partial charge in [-0.15, -0.1) is 4.57 Å². The second-order valence-electron chi connectivity index (χ2n) is 12.5. The Kier molecular flexibility index (Phi) is 3.25. The minimum atomic E-state index is -0.510. The van der Waals surface area contributed by atoms with Gasteiger partial charge in [0.2, 0.25) is 5.69 Å². The van der Waals surface area contributed by atoms with E-state index in [0.717, 1.165) is 0 Å². The van der Waals surface area contributed by atoms with Crippen molar-refractivity contribution in [3.8, 4) is 22.4 Å². The SMILES string of the molecule is c1ccc2c(c1)-c1ccccc1C21c2cccc3c2C2(c4c1ccc1c5ccccc5n5cc[n+]2c5c41)[n+]1ccccc1-3. The molecule has 1 unspecified atom stereocenters. The zero-order chi connectivity index (χ0) is 27.7. The van der Waals surface area contributed by atoms with Gasteiger partial charge in [-0.1, -0.05) is 91.0 Å². The van der Waals surface area contributed by atoms with E-state index in [2.05, 4.69) is 153 Å². The van der Waals surface area contributed by atoms with Gasteiger partial charge in [-0.3, -0.25) is 0 Å². The molecule has 3 nitrogen and oxygen atoms in total. The molecule has 0 N–H and O–H groups in total. The Morgan fingerprint density at radius 2 is 1.19 bits per heavy atom. The molecular formula is C40H23N3+2. The summed E-state index contributed by atoms with van der Waals surface area (Å²) in [6.07, 6.45) is 6.91. The molecule has 0 saturated heterocycles. The van der Waals surface area contributed by atoms with E-state index < -0.39 is 11.1 Å². The fraction of sp³-hybridized carbons (Fsp3) is 0.0500. The maximum atomic E-state index is 2.58. The minimum absolute atomic E-state index is 0.416. The summed E-state index contributed by atoms with van der Waals surface area (Å²) in [6, 6.07) is 45.8. The Hall–Kier alpha value is -5.54. The number of aromatic nitrogens is 3. The molecule has 0 radical (unpaired) electrons. The number of fused-ring (bicyclic) bond motifs is 12. The molecular weight excluding hydrogens is 522 g/mol. The van der Waals surface area contributed by atoms with Gasteiger partial charge in [0, 0.05) is 22.9 Å². The number of para-hydroxylation sites is 1. The van der Waals surface area contributed by atoms with Crippen molar-refractivity contribution in [2.24, 2.45) is 0 Å². The van der Waals surface area contributed by atoms with Crippen LogP contribution < -0.4 is 9.13 Å². The van der Waals surface area contributed by atoms with Crippen molar-refractivity contribution in [2.45, 2.75) is 11.1 Å². The third-order valence-electron chi connectivity index (χ3n) is 11.1. The first-order valence-corrected chi connectivity index (χ1v) is 15.1. The number of nitrogens with zero attached hydrogens (tertiary/aromatic N) is 3. The van der Waals surface area contributed by atoms with Gasteiger partial charge in [0.15, 0.2) is 6.20 Å². The molecule has 12 rings (SSSR count). The first kappa shape index (κ1) is 21.2. The van der Waals surface area contributed by atoms with E-state index in [4.69, 9.17) is 0 Å². The molecule has 2 spiro atoms. The van der Waals surface area contributed by atoms with Gasteiger partial charge in [0.05, 0.1) is 27.5 Å². The first-order chi connectivity index (χ1) is 21.4. The van der Waals surface area contributed by atoms with Crippen molar-refractivity contribution in [2.75, 3.05) is 0 Å². The fourth-order valence-corrected chi connectivity index (χ4v) is 9.81. The summed E-state index contributed by atoms with van der Waals surface area (Å²) in [5.41, 5.74) is 15.3. The Bertz CT molecular complexity index is 2600. The Morgan fingerprint density at radius 3 is 2.05 bits per heavy atom. The summed E-state index contributed by atoms with van der Waals surface area (Å²) in [5.74, 6) is 0. The van der Waals surface area contributed by atoms with Crippen LogP contribution in [0.25, 0.3) is 49.7 Å². The highest BCUT2D eigenvalue weighted by Gasteiger charge is 2.71. The smallest absolute Gasteiger partial charge is 0.195 e. The van der Waals surface area contributed by atoms with Gasteiger partial charge >= 0.3 is 11.3 Å². The predicted octanol–water partition coefficient (Wildman–Crippen LogP) is 7.09. The monoisotopic (exact) mass is 545 g/mol. The van der Waals surface area contributed by atoms with E-state index >= 15 is 0 Å². The molecule has 5 aromatic carbocycles. The van der Waals surface area contributed by atoms with E-state index in [1.165, 1.54) is 83.1 Å². The molecule has 3 aromatic heterocycles. The van der Waals surface area contributed by atoms with Gasteiger partial charge in [-0.05, 0) is 51.6 Å². The summed E-state index contributed by atoms with van der Waals surface area (Å²) in [5, 5.41) is 3.99. The molecule has 8 aromatic rings. The van der Waals surface area contributed by atoms with Gasteiger partial charge in [-0.2, -0.15) is 8.97 Å². The number of hydrogen-bond acceptors (Lipinski definition) is 0. The summed E-state index contributed by atoms with van der Waals surface area (Å²) >= 11 is 0. The molecule has 5 heterocycles. The number of imidazole rings is 1. The molecule has 0 bridgehead atoms. The maximum Gasteiger partial charge on any atom is 0.364 e. The Balaban J connectivity index is 1.43. The number of hydrogen-bond donors (Lipinski definition) is 0. The van der Waals surface area contributed by atoms with Crippen LogP contribution in [0.4, 0.5) is 0 Å². The normalized spacial score (nSPS) is 18.5. The molecule has 196 valence electrons. The molecule has 3 heteroatoms. The number of benzene rings is 5. The lowest BCUT2D eigenvalue weighted by Crippen LogP contribution is -2.73. The fourth-order valence-electron chi connectivity index (χ4n) is 9.81. The highest BCUT2D eigenvalue weighted by molar-refractivity contribution is 6.14. The van der Waals surface area contributed by atoms with Crippen LogP contribution in [-0.4, -0.2) is 4.40 Å². The van der Waals surface area contributed by atoms with Crippen molar-refractivity contribution in [3.05, 3.63) is 173 Å².